The van der Waals surface area contributed by atoms with Gasteiger partial charge in [-0.1, -0.05) is 42.8 Å². The molecule has 31 heavy (non-hydrogen) atoms. The molecule has 0 N–H and O–H groups in total. The van der Waals surface area contributed by atoms with Crippen LogP contribution >= 0.6 is 0 Å². The number of fused-ring (bicyclic) bond motifs is 3. The van der Waals surface area contributed by atoms with Crippen LogP contribution in [0.1, 0.15) is 53.4 Å². The molecule has 2 aliphatic rings. The largest absolute Gasteiger partial charge is 0.452 e. The summed E-state index contributed by atoms with van der Waals surface area (Å²) in [5.41, 5.74) is 5.46. The van der Waals surface area contributed by atoms with Gasteiger partial charge < -0.3 is 9.64 Å². The standard InChI is InChI=1S/C26H26N2O3/c1-17-15-18-9-5-8-14-23(18)28(17)24(29)16-31-26(30)25-19-10-3-2-4-12-21(19)27-22-13-7-6-11-20(22)25/h5-9,11,13-14,17H,2-4,10,12,15-16H2,1H3/t17-/m1/s1. The van der Waals surface area contributed by atoms with Crippen LogP contribution in [-0.2, 0) is 28.8 Å². The Morgan fingerprint density at radius 1 is 1.03 bits per heavy atom. The van der Waals surface area contributed by atoms with Crippen molar-refractivity contribution in [2.24, 2.45) is 0 Å². The molecule has 1 atom stereocenters. The molecular weight excluding hydrogens is 388 g/mol. The highest BCUT2D eigenvalue weighted by Gasteiger charge is 2.31. The summed E-state index contributed by atoms with van der Waals surface area (Å²) in [5.74, 6) is -0.611. The molecule has 1 aliphatic carbocycles. The Morgan fingerprint density at radius 2 is 1.81 bits per heavy atom. The molecule has 0 radical (unpaired) electrons. The van der Waals surface area contributed by atoms with Gasteiger partial charge in [-0.2, -0.15) is 0 Å². The van der Waals surface area contributed by atoms with Crippen molar-refractivity contribution in [3.63, 3.8) is 0 Å². The number of esters is 1. The third kappa shape index (κ3) is 3.58. The number of ether oxygens (including phenoxy) is 1. The third-order valence-corrected chi connectivity index (χ3v) is 6.43. The van der Waals surface area contributed by atoms with Crippen molar-refractivity contribution in [2.75, 3.05) is 11.5 Å². The maximum absolute atomic E-state index is 13.3. The van der Waals surface area contributed by atoms with Gasteiger partial charge in [0.2, 0.25) is 0 Å². The number of carbonyl (C=O) groups is 2. The van der Waals surface area contributed by atoms with E-state index in [1.54, 1.807) is 4.90 Å². The Labute approximate surface area is 182 Å². The number of nitrogens with zero attached hydrogens (tertiary/aromatic N) is 2. The maximum Gasteiger partial charge on any atom is 0.339 e. The highest BCUT2D eigenvalue weighted by atomic mass is 16.5. The lowest BCUT2D eigenvalue weighted by molar-refractivity contribution is -0.122. The summed E-state index contributed by atoms with van der Waals surface area (Å²) in [5, 5.41) is 0.806. The zero-order valence-electron chi connectivity index (χ0n) is 17.8. The molecule has 3 aromatic rings. The van der Waals surface area contributed by atoms with E-state index in [0.717, 1.165) is 71.9 Å². The predicted octanol–water partition coefficient (Wildman–Crippen LogP) is 4.64. The lowest BCUT2D eigenvalue weighted by Crippen LogP contribution is -2.38. The minimum Gasteiger partial charge on any atom is -0.452 e. The number of para-hydroxylation sites is 2. The molecule has 2 aromatic carbocycles. The van der Waals surface area contributed by atoms with E-state index in [1.165, 1.54) is 0 Å². The van der Waals surface area contributed by atoms with Crippen LogP contribution in [0.3, 0.4) is 0 Å². The van der Waals surface area contributed by atoms with Gasteiger partial charge in [0.05, 0.1) is 11.1 Å². The molecule has 5 rings (SSSR count). The van der Waals surface area contributed by atoms with E-state index in [1.807, 2.05) is 55.5 Å². The molecule has 1 amide bonds. The molecule has 5 nitrogen and oxygen atoms in total. The molecule has 0 saturated heterocycles. The number of rotatable bonds is 3. The minimum absolute atomic E-state index is 0.0571. The third-order valence-electron chi connectivity index (χ3n) is 6.43. The highest BCUT2D eigenvalue weighted by molar-refractivity contribution is 6.06. The van der Waals surface area contributed by atoms with Crippen LogP contribution in [-0.4, -0.2) is 29.5 Å². The molecule has 0 unspecified atom stereocenters. The first-order valence-electron chi connectivity index (χ1n) is 11.1. The Balaban J connectivity index is 1.42. The topological polar surface area (TPSA) is 59.5 Å². The van der Waals surface area contributed by atoms with Gasteiger partial charge in [0.1, 0.15) is 0 Å². The molecular formula is C26H26N2O3. The molecule has 0 spiro atoms. The average Bonchev–Trinajstić information content (AvgIpc) is 2.94. The van der Waals surface area contributed by atoms with Gasteiger partial charge in [-0.25, -0.2) is 4.79 Å². The fraction of sp³-hybridized carbons (Fsp3) is 0.346. The van der Waals surface area contributed by atoms with Crippen molar-refractivity contribution in [1.82, 2.24) is 4.98 Å². The monoisotopic (exact) mass is 414 g/mol. The number of pyridine rings is 1. The maximum atomic E-state index is 13.3. The number of amides is 1. The Kier molecular flexibility index (Phi) is 5.18. The molecule has 0 saturated carbocycles. The summed E-state index contributed by atoms with van der Waals surface area (Å²) in [7, 11) is 0. The smallest absolute Gasteiger partial charge is 0.339 e. The second-order valence-corrected chi connectivity index (χ2v) is 8.51. The highest BCUT2D eigenvalue weighted by Crippen LogP contribution is 2.32. The van der Waals surface area contributed by atoms with E-state index in [-0.39, 0.29) is 18.6 Å². The van der Waals surface area contributed by atoms with Crippen LogP contribution in [0, 0.1) is 0 Å². The number of carbonyl (C=O) groups excluding carboxylic acids is 2. The zero-order chi connectivity index (χ0) is 21.4. The van der Waals surface area contributed by atoms with Crippen LogP contribution in [0.25, 0.3) is 10.9 Å². The second kappa shape index (κ2) is 8.14. The lowest BCUT2D eigenvalue weighted by Gasteiger charge is -2.22. The number of aryl methyl sites for hydroxylation is 1. The predicted molar refractivity (Wildman–Crippen MR) is 120 cm³/mol. The number of benzene rings is 2. The quantitative estimate of drug-likeness (QED) is 0.463. The van der Waals surface area contributed by atoms with Crippen molar-refractivity contribution in [3.8, 4) is 0 Å². The van der Waals surface area contributed by atoms with Crippen LogP contribution in [0.5, 0.6) is 0 Å². The average molecular weight is 415 g/mol. The van der Waals surface area contributed by atoms with Gasteiger partial charge >= 0.3 is 5.97 Å². The van der Waals surface area contributed by atoms with E-state index in [4.69, 9.17) is 9.72 Å². The first-order valence-corrected chi connectivity index (χ1v) is 11.1. The fourth-order valence-electron chi connectivity index (χ4n) is 5.00. The van der Waals surface area contributed by atoms with E-state index in [9.17, 15) is 9.59 Å². The first kappa shape index (κ1) is 19.7. The normalized spacial score (nSPS) is 17.7. The van der Waals surface area contributed by atoms with Crippen molar-refractivity contribution in [1.29, 1.82) is 0 Å². The summed E-state index contributed by atoms with van der Waals surface area (Å²) >= 11 is 0. The Bertz CT molecular complexity index is 1170. The lowest BCUT2D eigenvalue weighted by atomic mass is 9.97. The molecule has 0 fully saturated rings. The van der Waals surface area contributed by atoms with E-state index < -0.39 is 5.97 Å². The summed E-state index contributed by atoms with van der Waals surface area (Å²) < 4.78 is 5.62. The molecule has 1 aromatic heterocycles. The Morgan fingerprint density at radius 3 is 2.71 bits per heavy atom. The van der Waals surface area contributed by atoms with Gasteiger partial charge in [-0.15, -0.1) is 0 Å². The molecule has 1 aliphatic heterocycles. The van der Waals surface area contributed by atoms with Crippen molar-refractivity contribution >= 4 is 28.5 Å². The van der Waals surface area contributed by atoms with Crippen LogP contribution < -0.4 is 4.90 Å². The van der Waals surface area contributed by atoms with Crippen molar-refractivity contribution in [2.45, 2.75) is 51.5 Å². The molecule has 158 valence electrons. The SMILES string of the molecule is C[C@@H]1Cc2ccccc2N1C(=O)COC(=O)c1c2c(nc3ccccc13)CCCCC2. The summed E-state index contributed by atoms with van der Waals surface area (Å²) in [6.07, 6.45) is 5.76. The summed E-state index contributed by atoms with van der Waals surface area (Å²) in [6.45, 7) is 1.76. The molecule has 5 heteroatoms. The second-order valence-electron chi connectivity index (χ2n) is 8.51. The van der Waals surface area contributed by atoms with E-state index in [2.05, 4.69) is 0 Å². The number of anilines is 1. The van der Waals surface area contributed by atoms with Gasteiger partial charge in [0.15, 0.2) is 6.61 Å². The van der Waals surface area contributed by atoms with Gasteiger partial charge in [0.25, 0.3) is 5.91 Å². The summed E-state index contributed by atoms with van der Waals surface area (Å²) in [4.78, 5) is 32.9. The fourth-order valence-corrected chi connectivity index (χ4v) is 5.00. The number of hydrogen-bond donors (Lipinski definition) is 0. The van der Waals surface area contributed by atoms with Gasteiger partial charge in [-0.3, -0.25) is 9.78 Å². The van der Waals surface area contributed by atoms with Crippen molar-refractivity contribution < 1.29 is 14.3 Å². The number of hydrogen-bond acceptors (Lipinski definition) is 4. The van der Waals surface area contributed by atoms with Crippen LogP contribution in [0.15, 0.2) is 48.5 Å². The van der Waals surface area contributed by atoms with Crippen LogP contribution in [0.2, 0.25) is 0 Å². The summed E-state index contributed by atoms with van der Waals surface area (Å²) in [6, 6.07) is 15.7. The minimum atomic E-state index is -0.426. The molecule has 2 heterocycles. The Hall–Kier alpha value is -3.21. The molecule has 0 bridgehead atoms. The number of aromatic nitrogens is 1. The van der Waals surface area contributed by atoms with Crippen LogP contribution in [0.4, 0.5) is 5.69 Å². The van der Waals surface area contributed by atoms with E-state index >= 15 is 0 Å². The zero-order valence-corrected chi connectivity index (χ0v) is 17.8. The van der Waals surface area contributed by atoms with Gasteiger partial charge in [-0.05, 0) is 62.3 Å². The van der Waals surface area contributed by atoms with Gasteiger partial charge in [0, 0.05) is 22.8 Å². The van der Waals surface area contributed by atoms with Crippen molar-refractivity contribution in [3.05, 3.63) is 70.9 Å². The first-order chi connectivity index (χ1) is 15.1. The van der Waals surface area contributed by atoms with E-state index in [0.29, 0.717) is 5.56 Å².